The summed E-state index contributed by atoms with van der Waals surface area (Å²) in [4.78, 5) is 0. The molecule has 1 nitrogen and oxygen atoms in total. The lowest BCUT2D eigenvalue weighted by Crippen LogP contribution is -1.59. The molecule has 0 amide bonds. The van der Waals surface area contributed by atoms with Crippen LogP contribution in [0.3, 0.4) is 0 Å². The third-order valence-electron chi connectivity index (χ3n) is 0.362. The molecule has 0 aromatic heterocycles. The zero-order chi connectivity index (χ0) is 4.12. The van der Waals surface area contributed by atoms with Crippen LogP contribution in [0.25, 0.3) is 0 Å². The molecule has 0 radical (unpaired) electrons. The summed E-state index contributed by atoms with van der Waals surface area (Å²) in [5.74, 6) is 0. The van der Waals surface area contributed by atoms with Gasteiger partial charge in [0, 0.05) is 16.7 Å². The SMILES string of the molecule is N#CCC[SiH3]. The van der Waals surface area contributed by atoms with Gasteiger partial charge in [-0.15, -0.1) is 0 Å². The van der Waals surface area contributed by atoms with E-state index in [0.717, 1.165) is 12.5 Å². The highest BCUT2D eigenvalue weighted by atomic mass is 28.1. The Labute approximate surface area is 35.0 Å². The van der Waals surface area contributed by atoms with E-state index in [1.807, 2.05) is 0 Å². The van der Waals surface area contributed by atoms with E-state index >= 15 is 0 Å². The van der Waals surface area contributed by atoms with Crippen LogP contribution in [0.1, 0.15) is 6.42 Å². The van der Waals surface area contributed by atoms with Gasteiger partial charge in [-0.3, -0.25) is 0 Å². The molecule has 0 rings (SSSR count). The van der Waals surface area contributed by atoms with Gasteiger partial charge in [0.2, 0.25) is 0 Å². The van der Waals surface area contributed by atoms with Crippen molar-refractivity contribution in [2.24, 2.45) is 0 Å². The smallest absolute Gasteiger partial charge is 0.0618 e. The molecule has 0 aromatic carbocycles. The molecule has 0 spiro atoms. The number of hydrogen-bond acceptors (Lipinski definition) is 1. The molecule has 0 fully saturated rings. The Hall–Kier alpha value is -0.293. The monoisotopic (exact) mass is 85.0 g/mol. The van der Waals surface area contributed by atoms with Crippen LogP contribution in [0.2, 0.25) is 6.04 Å². The fraction of sp³-hybridized carbons (Fsp3) is 0.667. The molecule has 0 aliphatic carbocycles. The summed E-state index contributed by atoms with van der Waals surface area (Å²) in [5, 5.41) is 7.84. The van der Waals surface area contributed by atoms with Gasteiger partial charge in [-0.1, -0.05) is 6.04 Å². The highest BCUT2D eigenvalue weighted by Gasteiger charge is 1.65. The van der Waals surface area contributed by atoms with E-state index in [-0.39, 0.29) is 0 Å². The van der Waals surface area contributed by atoms with Crippen molar-refractivity contribution in [1.82, 2.24) is 0 Å². The third-order valence-corrected chi connectivity index (χ3v) is 0.862. The lowest BCUT2D eigenvalue weighted by atomic mass is 10.6. The summed E-state index contributed by atoms with van der Waals surface area (Å²) < 4.78 is 0. The molecule has 28 valence electrons. The number of hydrogen-bond donors (Lipinski definition) is 0. The maximum absolute atomic E-state index is 7.84. The lowest BCUT2D eigenvalue weighted by molar-refractivity contribution is 1.21. The van der Waals surface area contributed by atoms with E-state index in [1.54, 1.807) is 0 Å². The Balaban J connectivity index is 2.48. The molecule has 0 atom stereocenters. The van der Waals surface area contributed by atoms with Crippen LogP contribution in [0.5, 0.6) is 0 Å². The Morgan fingerprint density at radius 3 is 2.40 bits per heavy atom. The Morgan fingerprint density at radius 2 is 2.40 bits per heavy atom. The van der Waals surface area contributed by atoms with Gasteiger partial charge in [-0.25, -0.2) is 0 Å². The maximum Gasteiger partial charge on any atom is 0.0618 e. The van der Waals surface area contributed by atoms with Gasteiger partial charge in [-0.2, -0.15) is 5.26 Å². The Bertz CT molecular complexity index is 45.3. The van der Waals surface area contributed by atoms with Gasteiger partial charge in [0.25, 0.3) is 0 Å². The summed E-state index contributed by atoms with van der Waals surface area (Å²) in [6.45, 7) is 0. The first kappa shape index (κ1) is 4.71. The zero-order valence-electron chi connectivity index (χ0n) is 3.36. The summed E-state index contributed by atoms with van der Waals surface area (Å²) >= 11 is 0. The van der Waals surface area contributed by atoms with Crippen LogP contribution >= 0.6 is 0 Å². The van der Waals surface area contributed by atoms with Gasteiger partial charge in [-0.05, 0) is 0 Å². The number of nitrogens with zero attached hydrogens (tertiary/aromatic N) is 1. The van der Waals surface area contributed by atoms with Crippen LogP contribution in [-0.2, 0) is 0 Å². The summed E-state index contributed by atoms with van der Waals surface area (Å²) in [6.07, 6.45) is 0.756. The number of nitriles is 1. The molecule has 5 heavy (non-hydrogen) atoms. The van der Waals surface area contributed by atoms with Crippen molar-refractivity contribution in [3.05, 3.63) is 0 Å². The maximum atomic E-state index is 7.84. The van der Waals surface area contributed by atoms with Crippen molar-refractivity contribution in [3.8, 4) is 6.07 Å². The standard InChI is InChI=1S/C3H7NSi/c4-2-1-3-5/h1,3H2,5H3. The highest BCUT2D eigenvalue weighted by Crippen LogP contribution is 1.74. The van der Waals surface area contributed by atoms with Crippen molar-refractivity contribution in [1.29, 1.82) is 5.26 Å². The highest BCUT2D eigenvalue weighted by molar-refractivity contribution is 6.08. The predicted molar refractivity (Wildman–Crippen MR) is 25.0 cm³/mol. The van der Waals surface area contributed by atoms with Crippen molar-refractivity contribution in [2.75, 3.05) is 0 Å². The molecule has 0 aromatic rings. The molecule has 0 N–H and O–H groups in total. The normalized spacial score (nSPS) is 7.00. The van der Waals surface area contributed by atoms with Crippen LogP contribution in [0.4, 0.5) is 0 Å². The number of rotatable bonds is 1. The first-order valence-electron chi connectivity index (χ1n) is 1.78. The van der Waals surface area contributed by atoms with E-state index < -0.39 is 0 Å². The first-order chi connectivity index (χ1) is 2.41. The summed E-state index contributed by atoms with van der Waals surface area (Å²) in [7, 11) is 1.18. The van der Waals surface area contributed by atoms with Crippen molar-refractivity contribution in [3.63, 3.8) is 0 Å². The molecular weight excluding hydrogens is 78.1 g/mol. The zero-order valence-corrected chi connectivity index (χ0v) is 5.36. The van der Waals surface area contributed by atoms with Gasteiger partial charge in [0.15, 0.2) is 0 Å². The fourth-order valence-corrected chi connectivity index (χ4v) is 0.335. The Morgan fingerprint density at radius 1 is 1.80 bits per heavy atom. The average Bonchev–Trinajstić information content (AvgIpc) is 1.41. The molecule has 0 aliphatic heterocycles. The fourth-order valence-electron chi connectivity index (χ4n) is 0.112. The second kappa shape index (κ2) is 3.71. The van der Waals surface area contributed by atoms with Gasteiger partial charge in [0.05, 0.1) is 6.07 Å². The van der Waals surface area contributed by atoms with Gasteiger partial charge in [0.1, 0.15) is 0 Å². The average molecular weight is 85.2 g/mol. The largest absolute Gasteiger partial charge is 0.198 e. The van der Waals surface area contributed by atoms with E-state index in [0.29, 0.717) is 0 Å². The van der Waals surface area contributed by atoms with E-state index in [1.165, 1.54) is 10.2 Å². The minimum absolute atomic E-state index is 0.756. The molecule has 0 saturated carbocycles. The van der Waals surface area contributed by atoms with Crippen LogP contribution in [-0.4, -0.2) is 10.2 Å². The minimum Gasteiger partial charge on any atom is -0.198 e. The topological polar surface area (TPSA) is 23.8 Å². The quantitative estimate of drug-likeness (QED) is 0.400. The third kappa shape index (κ3) is 3.71. The van der Waals surface area contributed by atoms with Gasteiger partial charge < -0.3 is 0 Å². The summed E-state index contributed by atoms with van der Waals surface area (Å²) in [6, 6.07) is 3.17. The second-order valence-electron chi connectivity index (χ2n) is 0.908. The molecule has 2 heteroatoms. The van der Waals surface area contributed by atoms with Gasteiger partial charge >= 0.3 is 0 Å². The molecule has 0 bridgehead atoms. The van der Waals surface area contributed by atoms with E-state index in [4.69, 9.17) is 5.26 Å². The minimum atomic E-state index is 0.756. The summed E-state index contributed by atoms with van der Waals surface area (Å²) in [5.41, 5.74) is 0. The molecular formula is C3H7NSi. The molecule has 0 saturated heterocycles. The molecule has 0 heterocycles. The van der Waals surface area contributed by atoms with Crippen molar-refractivity contribution in [2.45, 2.75) is 12.5 Å². The Kier molecular flexibility index (Phi) is 3.49. The van der Waals surface area contributed by atoms with E-state index in [9.17, 15) is 0 Å². The second-order valence-corrected chi connectivity index (χ2v) is 1.91. The lowest BCUT2D eigenvalue weighted by Gasteiger charge is -1.65. The van der Waals surface area contributed by atoms with Crippen LogP contribution in [0.15, 0.2) is 0 Å². The van der Waals surface area contributed by atoms with Crippen molar-refractivity contribution >= 4 is 10.2 Å². The van der Waals surface area contributed by atoms with Crippen molar-refractivity contribution < 1.29 is 0 Å². The van der Waals surface area contributed by atoms with Crippen LogP contribution < -0.4 is 0 Å². The molecule has 0 unspecified atom stereocenters. The first-order valence-corrected chi connectivity index (χ1v) is 3.20. The predicted octanol–water partition coefficient (Wildman–Crippen LogP) is -0.316. The molecule has 0 aliphatic rings. The van der Waals surface area contributed by atoms with Crippen LogP contribution in [0, 0.1) is 11.3 Å². The van der Waals surface area contributed by atoms with E-state index in [2.05, 4.69) is 6.07 Å².